The second-order valence-electron chi connectivity index (χ2n) is 3.85. The van der Waals surface area contributed by atoms with Crippen molar-refractivity contribution < 1.29 is 22.3 Å². The van der Waals surface area contributed by atoms with Crippen molar-refractivity contribution in [3.8, 4) is 11.6 Å². The molecule has 1 aromatic carbocycles. The van der Waals surface area contributed by atoms with Gasteiger partial charge in [-0.15, -0.1) is 0 Å². The maximum atomic E-state index is 13.1. The van der Waals surface area contributed by atoms with Crippen LogP contribution in [0.3, 0.4) is 0 Å². The van der Waals surface area contributed by atoms with Gasteiger partial charge in [-0.3, -0.25) is 0 Å². The summed E-state index contributed by atoms with van der Waals surface area (Å²) in [7, 11) is 1.64. The molecule has 3 nitrogen and oxygen atoms in total. The van der Waals surface area contributed by atoms with Crippen molar-refractivity contribution >= 4 is 5.82 Å². The van der Waals surface area contributed by atoms with Gasteiger partial charge in [-0.05, 0) is 24.3 Å². The molecule has 0 unspecified atom stereocenters. The number of halogens is 4. The maximum Gasteiger partial charge on any atom is 0.419 e. The molecule has 0 aliphatic rings. The molecule has 2 aromatic rings. The molecule has 0 aliphatic carbocycles. The van der Waals surface area contributed by atoms with Crippen molar-refractivity contribution in [2.75, 3.05) is 12.4 Å². The van der Waals surface area contributed by atoms with Gasteiger partial charge in [-0.25, -0.2) is 4.39 Å². The predicted molar refractivity (Wildman–Crippen MR) is 65.3 cm³/mol. The minimum Gasteiger partial charge on any atom is -0.439 e. The van der Waals surface area contributed by atoms with Crippen molar-refractivity contribution in [1.29, 1.82) is 0 Å². The van der Waals surface area contributed by atoms with Crippen LogP contribution >= 0.6 is 0 Å². The van der Waals surface area contributed by atoms with E-state index in [1.54, 1.807) is 19.2 Å². The Bertz CT molecular complexity index is 614. The highest BCUT2D eigenvalue weighted by molar-refractivity contribution is 5.39. The number of pyridine rings is 1. The van der Waals surface area contributed by atoms with Crippen molar-refractivity contribution in [2.45, 2.75) is 6.18 Å². The summed E-state index contributed by atoms with van der Waals surface area (Å²) >= 11 is 0. The van der Waals surface area contributed by atoms with Gasteiger partial charge in [0.25, 0.3) is 0 Å². The third-order valence-electron chi connectivity index (χ3n) is 2.45. The Kier molecular flexibility index (Phi) is 3.78. The molecule has 1 heterocycles. The van der Waals surface area contributed by atoms with E-state index in [0.29, 0.717) is 18.0 Å². The molecule has 0 bridgehead atoms. The number of nitrogens with zero attached hydrogens (tertiary/aromatic N) is 1. The summed E-state index contributed by atoms with van der Waals surface area (Å²) in [5.74, 6) is -0.876. The molecule has 0 spiro atoms. The van der Waals surface area contributed by atoms with Gasteiger partial charge in [-0.2, -0.15) is 18.2 Å². The standard InChI is InChI=1S/C13H10F4N2O/c1-18-11-3-2-4-12(19-11)20-8-5-6-10(14)9(7-8)13(15,16)17/h2-7H,1H3,(H,18,19). The fourth-order valence-electron chi connectivity index (χ4n) is 1.52. The van der Waals surface area contributed by atoms with E-state index in [4.69, 9.17) is 4.74 Å². The van der Waals surface area contributed by atoms with Crippen LogP contribution in [0.25, 0.3) is 0 Å². The highest BCUT2D eigenvalue weighted by atomic mass is 19.4. The molecular formula is C13H10F4N2O. The SMILES string of the molecule is CNc1cccc(Oc2ccc(F)c(C(F)(F)F)c2)n1. The summed E-state index contributed by atoms with van der Waals surface area (Å²) in [6, 6.07) is 7.19. The van der Waals surface area contributed by atoms with Crippen LogP contribution < -0.4 is 10.1 Å². The van der Waals surface area contributed by atoms with E-state index in [2.05, 4.69) is 10.3 Å². The van der Waals surface area contributed by atoms with Crippen LogP contribution in [0, 0.1) is 5.82 Å². The lowest BCUT2D eigenvalue weighted by atomic mass is 10.2. The zero-order valence-corrected chi connectivity index (χ0v) is 10.3. The van der Waals surface area contributed by atoms with Gasteiger partial charge in [0.1, 0.15) is 17.4 Å². The Hall–Kier alpha value is -2.31. The first-order valence-electron chi connectivity index (χ1n) is 5.59. The van der Waals surface area contributed by atoms with E-state index in [1.807, 2.05) is 0 Å². The van der Waals surface area contributed by atoms with E-state index >= 15 is 0 Å². The van der Waals surface area contributed by atoms with Crippen LogP contribution in [0.1, 0.15) is 5.56 Å². The Balaban J connectivity index is 2.30. The summed E-state index contributed by atoms with van der Waals surface area (Å²) in [5, 5.41) is 2.77. The number of alkyl halides is 3. The van der Waals surface area contributed by atoms with Gasteiger partial charge in [-0.1, -0.05) is 6.07 Å². The van der Waals surface area contributed by atoms with Crippen molar-refractivity contribution in [2.24, 2.45) is 0 Å². The summed E-state index contributed by atoms with van der Waals surface area (Å²) in [6.07, 6.45) is -4.77. The van der Waals surface area contributed by atoms with Gasteiger partial charge in [0.05, 0.1) is 5.56 Å². The van der Waals surface area contributed by atoms with Crippen LogP contribution in [0.4, 0.5) is 23.4 Å². The topological polar surface area (TPSA) is 34.1 Å². The fourth-order valence-corrected chi connectivity index (χ4v) is 1.52. The molecule has 0 amide bonds. The molecule has 0 atom stereocenters. The number of nitrogens with one attached hydrogen (secondary N) is 1. The van der Waals surface area contributed by atoms with Crippen LogP contribution in [0.2, 0.25) is 0 Å². The largest absolute Gasteiger partial charge is 0.439 e. The minimum absolute atomic E-state index is 0.108. The van der Waals surface area contributed by atoms with Crippen molar-refractivity contribution in [1.82, 2.24) is 4.98 Å². The van der Waals surface area contributed by atoms with Crippen molar-refractivity contribution in [3.63, 3.8) is 0 Å². The monoisotopic (exact) mass is 286 g/mol. The van der Waals surface area contributed by atoms with Gasteiger partial charge < -0.3 is 10.1 Å². The quantitative estimate of drug-likeness (QED) is 0.863. The van der Waals surface area contributed by atoms with Gasteiger partial charge in [0, 0.05) is 13.1 Å². The zero-order chi connectivity index (χ0) is 14.8. The van der Waals surface area contributed by atoms with Gasteiger partial charge in [0.15, 0.2) is 0 Å². The second kappa shape index (κ2) is 5.36. The zero-order valence-electron chi connectivity index (χ0n) is 10.3. The Morgan fingerprint density at radius 3 is 2.55 bits per heavy atom. The third kappa shape index (κ3) is 3.17. The molecule has 1 aromatic heterocycles. The molecule has 0 radical (unpaired) electrons. The van der Waals surface area contributed by atoms with E-state index in [9.17, 15) is 17.6 Å². The first-order valence-corrected chi connectivity index (χ1v) is 5.59. The molecule has 2 rings (SSSR count). The lowest BCUT2D eigenvalue weighted by molar-refractivity contribution is -0.140. The normalized spacial score (nSPS) is 11.2. The van der Waals surface area contributed by atoms with E-state index < -0.39 is 17.6 Å². The number of rotatable bonds is 3. The first kappa shape index (κ1) is 14.1. The molecule has 1 N–H and O–H groups in total. The molecule has 0 saturated carbocycles. The highest BCUT2D eigenvalue weighted by Gasteiger charge is 2.34. The first-order chi connectivity index (χ1) is 9.40. The van der Waals surface area contributed by atoms with Gasteiger partial charge >= 0.3 is 6.18 Å². The van der Waals surface area contributed by atoms with E-state index in [-0.39, 0.29) is 11.6 Å². The van der Waals surface area contributed by atoms with Crippen LogP contribution in [0.15, 0.2) is 36.4 Å². The average Bonchev–Trinajstić information content (AvgIpc) is 2.40. The molecule has 0 fully saturated rings. The molecule has 7 heteroatoms. The lowest BCUT2D eigenvalue weighted by Crippen LogP contribution is -2.08. The summed E-state index contributed by atoms with van der Waals surface area (Å²) in [4.78, 5) is 3.99. The molecular weight excluding hydrogens is 276 g/mol. The minimum atomic E-state index is -4.77. The predicted octanol–water partition coefficient (Wildman–Crippen LogP) is 4.07. The van der Waals surface area contributed by atoms with Crippen LogP contribution in [-0.4, -0.2) is 12.0 Å². The number of anilines is 1. The van der Waals surface area contributed by atoms with Crippen LogP contribution in [0.5, 0.6) is 11.6 Å². The Morgan fingerprint density at radius 1 is 1.15 bits per heavy atom. The molecule has 0 aliphatic heterocycles. The molecule has 20 heavy (non-hydrogen) atoms. The maximum absolute atomic E-state index is 13.1. The number of aromatic nitrogens is 1. The number of benzene rings is 1. The second-order valence-corrected chi connectivity index (χ2v) is 3.85. The van der Waals surface area contributed by atoms with Crippen molar-refractivity contribution in [3.05, 3.63) is 47.8 Å². The summed E-state index contributed by atoms with van der Waals surface area (Å²) in [6.45, 7) is 0. The highest BCUT2D eigenvalue weighted by Crippen LogP contribution is 2.34. The number of ether oxygens (including phenoxy) is 1. The summed E-state index contributed by atoms with van der Waals surface area (Å²) < 4.78 is 56.0. The smallest absolute Gasteiger partial charge is 0.419 e. The van der Waals surface area contributed by atoms with Gasteiger partial charge in [0.2, 0.25) is 5.88 Å². The number of hydrogen-bond acceptors (Lipinski definition) is 3. The summed E-state index contributed by atoms with van der Waals surface area (Å²) in [5.41, 5.74) is -1.38. The number of hydrogen-bond donors (Lipinski definition) is 1. The van der Waals surface area contributed by atoms with E-state index in [1.165, 1.54) is 6.07 Å². The van der Waals surface area contributed by atoms with Crippen LogP contribution in [-0.2, 0) is 6.18 Å². The Morgan fingerprint density at radius 2 is 1.90 bits per heavy atom. The Labute approximate surface area is 112 Å². The average molecular weight is 286 g/mol. The molecule has 106 valence electrons. The van der Waals surface area contributed by atoms with E-state index in [0.717, 1.165) is 6.07 Å². The third-order valence-corrected chi connectivity index (χ3v) is 2.45. The molecule has 0 saturated heterocycles. The fraction of sp³-hybridized carbons (Fsp3) is 0.154. The lowest BCUT2D eigenvalue weighted by Gasteiger charge is -2.11.